The zero-order valence-electron chi connectivity index (χ0n) is 12.7. The Kier molecular flexibility index (Phi) is 3.45. The van der Waals surface area contributed by atoms with E-state index in [9.17, 15) is 4.39 Å². The third-order valence-corrected chi connectivity index (χ3v) is 3.82. The second-order valence-corrected chi connectivity index (χ2v) is 5.50. The summed E-state index contributed by atoms with van der Waals surface area (Å²) in [4.78, 5) is 0. The van der Waals surface area contributed by atoms with E-state index in [2.05, 4.69) is 20.4 Å². The highest BCUT2D eigenvalue weighted by molar-refractivity contribution is 5.91. The number of nitrogens with one attached hydrogen (secondary N) is 1. The van der Waals surface area contributed by atoms with Crippen molar-refractivity contribution >= 4 is 16.7 Å². The van der Waals surface area contributed by atoms with Crippen LogP contribution in [-0.2, 0) is 12.8 Å². The topological polar surface area (TPSA) is 93.6 Å². The molecule has 2 heterocycles. The Morgan fingerprint density at radius 3 is 2.88 bits per heavy atom. The van der Waals surface area contributed by atoms with Gasteiger partial charge in [0.2, 0.25) is 11.8 Å². The van der Waals surface area contributed by atoms with Crippen LogP contribution in [-0.4, -0.2) is 20.4 Å². The van der Waals surface area contributed by atoms with Crippen LogP contribution in [0.3, 0.4) is 0 Å². The summed E-state index contributed by atoms with van der Waals surface area (Å²) in [6.45, 7) is 0. The summed E-state index contributed by atoms with van der Waals surface area (Å²) >= 11 is 0. The van der Waals surface area contributed by atoms with E-state index in [0.29, 0.717) is 30.4 Å². The Labute approximate surface area is 136 Å². The summed E-state index contributed by atoms with van der Waals surface area (Å²) in [5.41, 5.74) is 8.33. The maximum absolute atomic E-state index is 13.2. The molecule has 0 spiro atoms. The molecule has 0 radical (unpaired) electrons. The summed E-state index contributed by atoms with van der Waals surface area (Å²) < 4.78 is 18.9. The SMILES string of the molecule is Nc1n[nH]c2ccc(-c3nnc(CCc4cccc(F)c4)o3)cc12. The molecule has 6 nitrogen and oxygen atoms in total. The van der Waals surface area contributed by atoms with Crippen molar-refractivity contribution in [2.75, 3.05) is 5.73 Å². The molecule has 0 aliphatic rings. The van der Waals surface area contributed by atoms with E-state index < -0.39 is 0 Å². The summed E-state index contributed by atoms with van der Waals surface area (Å²) in [6.07, 6.45) is 1.18. The number of benzene rings is 2. The van der Waals surface area contributed by atoms with E-state index in [0.717, 1.165) is 22.0 Å². The number of hydrogen-bond donors (Lipinski definition) is 2. The van der Waals surface area contributed by atoms with Crippen LogP contribution in [0.25, 0.3) is 22.4 Å². The molecule has 0 saturated heterocycles. The molecule has 0 unspecified atom stereocenters. The molecule has 2 aromatic heterocycles. The standard InChI is InChI=1S/C17H14FN5O/c18-12-3-1-2-10(8-12)4-7-15-21-23-17(24-15)11-5-6-14-13(9-11)16(19)22-20-14/h1-3,5-6,8-9H,4,7H2,(H3,19,20,22). The number of halogens is 1. The van der Waals surface area contributed by atoms with Crippen molar-refractivity contribution in [1.82, 2.24) is 20.4 Å². The van der Waals surface area contributed by atoms with Crippen LogP contribution in [0, 0.1) is 5.82 Å². The summed E-state index contributed by atoms with van der Waals surface area (Å²) in [7, 11) is 0. The Bertz CT molecular complexity index is 1010. The Hall–Kier alpha value is -3.22. The molecule has 120 valence electrons. The van der Waals surface area contributed by atoms with E-state index in [-0.39, 0.29) is 5.82 Å². The molecule has 4 rings (SSSR count). The number of rotatable bonds is 4. The third kappa shape index (κ3) is 2.71. The predicted octanol–water partition coefficient (Wildman–Crippen LogP) is 3.12. The number of aromatic amines is 1. The summed E-state index contributed by atoms with van der Waals surface area (Å²) in [6, 6.07) is 12.1. The first kappa shape index (κ1) is 14.4. The smallest absolute Gasteiger partial charge is 0.247 e. The van der Waals surface area contributed by atoms with Gasteiger partial charge in [-0.3, -0.25) is 5.10 Å². The van der Waals surface area contributed by atoms with Crippen molar-refractivity contribution in [1.29, 1.82) is 0 Å². The predicted molar refractivity (Wildman–Crippen MR) is 87.6 cm³/mol. The fourth-order valence-electron chi connectivity index (χ4n) is 2.58. The molecule has 0 bridgehead atoms. The van der Waals surface area contributed by atoms with Gasteiger partial charge in [0.05, 0.1) is 5.52 Å². The molecule has 24 heavy (non-hydrogen) atoms. The van der Waals surface area contributed by atoms with Gasteiger partial charge in [0.25, 0.3) is 0 Å². The number of nitrogens with two attached hydrogens (primary N) is 1. The first-order chi connectivity index (χ1) is 11.7. The maximum Gasteiger partial charge on any atom is 0.247 e. The first-order valence-electron chi connectivity index (χ1n) is 7.50. The molecule has 0 aliphatic carbocycles. The second-order valence-electron chi connectivity index (χ2n) is 5.50. The number of anilines is 1. The molecular weight excluding hydrogens is 309 g/mol. The monoisotopic (exact) mass is 323 g/mol. The van der Waals surface area contributed by atoms with Crippen LogP contribution in [0.4, 0.5) is 10.2 Å². The van der Waals surface area contributed by atoms with E-state index in [1.54, 1.807) is 6.07 Å². The number of nitrogens with zero attached hydrogens (tertiary/aromatic N) is 3. The summed E-state index contributed by atoms with van der Waals surface area (Å²) in [5, 5.41) is 15.7. The molecule has 0 fully saturated rings. The fourth-order valence-corrected chi connectivity index (χ4v) is 2.58. The molecule has 4 aromatic rings. The van der Waals surface area contributed by atoms with Gasteiger partial charge in [0.1, 0.15) is 5.82 Å². The van der Waals surface area contributed by atoms with Crippen LogP contribution in [0.1, 0.15) is 11.5 Å². The largest absolute Gasteiger partial charge is 0.421 e. The second kappa shape index (κ2) is 5.77. The average molecular weight is 323 g/mol. The van der Waals surface area contributed by atoms with Gasteiger partial charge in [0, 0.05) is 17.4 Å². The van der Waals surface area contributed by atoms with Crippen LogP contribution in [0.2, 0.25) is 0 Å². The lowest BCUT2D eigenvalue weighted by Gasteiger charge is -1.98. The molecule has 2 aromatic carbocycles. The average Bonchev–Trinajstić information content (AvgIpc) is 3.20. The minimum absolute atomic E-state index is 0.246. The number of nitrogen functional groups attached to an aromatic ring is 1. The Morgan fingerprint density at radius 2 is 2.00 bits per heavy atom. The van der Waals surface area contributed by atoms with Crippen molar-refractivity contribution in [3.05, 3.63) is 59.7 Å². The van der Waals surface area contributed by atoms with Gasteiger partial charge in [0.15, 0.2) is 5.82 Å². The lowest BCUT2D eigenvalue weighted by atomic mass is 10.1. The first-order valence-corrected chi connectivity index (χ1v) is 7.50. The highest BCUT2D eigenvalue weighted by Crippen LogP contribution is 2.25. The van der Waals surface area contributed by atoms with Gasteiger partial charge in [-0.2, -0.15) is 5.10 Å². The van der Waals surface area contributed by atoms with Crippen LogP contribution in [0.15, 0.2) is 46.9 Å². The number of aromatic nitrogens is 4. The number of hydrogen-bond acceptors (Lipinski definition) is 5. The van der Waals surface area contributed by atoms with Crippen LogP contribution >= 0.6 is 0 Å². The van der Waals surface area contributed by atoms with E-state index >= 15 is 0 Å². The molecule has 0 saturated carbocycles. The van der Waals surface area contributed by atoms with Crippen LogP contribution < -0.4 is 5.73 Å². The van der Waals surface area contributed by atoms with E-state index in [1.807, 2.05) is 24.3 Å². The van der Waals surface area contributed by atoms with E-state index in [1.165, 1.54) is 12.1 Å². The van der Waals surface area contributed by atoms with Crippen LogP contribution in [0.5, 0.6) is 0 Å². The molecule has 0 aliphatic heterocycles. The van der Waals surface area contributed by atoms with Gasteiger partial charge in [-0.05, 0) is 42.3 Å². The lowest BCUT2D eigenvalue weighted by molar-refractivity contribution is 0.504. The molecule has 0 atom stereocenters. The summed E-state index contributed by atoms with van der Waals surface area (Å²) in [5.74, 6) is 1.11. The minimum atomic E-state index is -0.246. The highest BCUT2D eigenvalue weighted by atomic mass is 19.1. The number of H-pyrrole nitrogens is 1. The molecular formula is C17H14FN5O. The van der Waals surface area contributed by atoms with Crippen molar-refractivity contribution in [2.45, 2.75) is 12.8 Å². The Morgan fingerprint density at radius 1 is 1.08 bits per heavy atom. The van der Waals surface area contributed by atoms with E-state index in [4.69, 9.17) is 10.2 Å². The Balaban J connectivity index is 1.54. The minimum Gasteiger partial charge on any atom is -0.421 e. The van der Waals surface area contributed by atoms with Crippen molar-refractivity contribution in [3.63, 3.8) is 0 Å². The van der Waals surface area contributed by atoms with Gasteiger partial charge in [-0.15, -0.1) is 10.2 Å². The highest BCUT2D eigenvalue weighted by Gasteiger charge is 2.11. The van der Waals surface area contributed by atoms with Gasteiger partial charge < -0.3 is 10.2 Å². The number of aryl methyl sites for hydroxylation is 2. The van der Waals surface area contributed by atoms with Crippen molar-refractivity contribution in [2.24, 2.45) is 0 Å². The van der Waals surface area contributed by atoms with Crippen molar-refractivity contribution < 1.29 is 8.81 Å². The fraction of sp³-hybridized carbons (Fsp3) is 0.118. The zero-order valence-corrected chi connectivity index (χ0v) is 12.7. The zero-order chi connectivity index (χ0) is 16.5. The third-order valence-electron chi connectivity index (χ3n) is 3.82. The molecule has 3 N–H and O–H groups in total. The quantitative estimate of drug-likeness (QED) is 0.602. The lowest BCUT2D eigenvalue weighted by Crippen LogP contribution is -1.92. The maximum atomic E-state index is 13.2. The van der Waals surface area contributed by atoms with Crippen molar-refractivity contribution in [3.8, 4) is 11.5 Å². The van der Waals surface area contributed by atoms with Gasteiger partial charge >= 0.3 is 0 Å². The van der Waals surface area contributed by atoms with Gasteiger partial charge in [-0.25, -0.2) is 4.39 Å². The number of fused-ring (bicyclic) bond motifs is 1. The van der Waals surface area contributed by atoms with Gasteiger partial charge in [-0.1, -0.05) is 12.1 Å². The molecule has 0 amide bonds. The normalized spacial score (nSPS) is 11.2. The molecule has 7 heteroatoms.